The van der Waals surface area contributed by atoms with Crippen molar-refractivity contribution in [1.29, 1.82) is 0 Å². The van der Waals surface area contributed by atoms with Crippen LogP contribution in [0.5, 0.6) is 5.75 Å². The monoisotopic (exact) mass is 417 g/mol. The first-order chi connectivity index (χ1) is 13.4. The van der Waals surface area contributed by atoms with E-state index in [1.807, 2.05) is 25.1 Å². The van der Waals surface area contributed by atoms with Gasteiger partial charge < -0.3 is 4.74 Å². The van der Waals surface area contributed by atoms with Crippen molar-refractivity contribution in [2.45, 2.75) is 27.4 Å². The van der Waals surface area contributed by atoms with Gasteiger partial charge in [-0.2, -0.15) is 0 Å². The Hall–Kier alpha value is -2.50. The Morgan fingerprint density at radius 2 is 1.96 bits per heavy atom. The zero-order valence-corrected chi connectivity index (χ0v) is 17.1. The van der Waals surface area contributed by atoms with Crippen molar-refractivity contribution in [3.8, 4) is 5.75 Å². The Kier molecular flexibility index (Phi) is 6.27. The second-order valence-electron chi connectivity index (χ2n) is 6.10. The molecule has 28 heavy (non-hydrogen) atoms. The van der Waals surface area contributed by atoms with Gasteiger partial charge in [-0.3, -0.25) is 9.98 Å². The summed E-state index contributed by atoms with van der Waals surface area (Å²) in [5.74, 6) is 0.175. The molecule has 0 amide bonds. The summed E-state index contributed by atoms with van der Waals surface area (Å²) < 4.78 is 20.1. The van der Waals surface area contributed by atoms with E-state index < -0.39 is 0 Å². The van der Waals surface area contributed by atoms with E-state index in [1.54, 1.807) is 19.2 Å². The Balaban J connectivity index is 2.10. The largest absolute Gasteiger partial charge is 0.487 e. The van der Waals surface area contributed by atoms with E-state index in [-0.39, 0.29) is 18.1 Å². The van der Waals surface area contributed by atoms with Crippen molar-refractivity contribution in [3.63, 3.8) is 0 Å². The van der Waals surface area contributed by atoms with E-state index in [1.165, 1.54) is 19.3 Å². The number of aliphatic imine (C=N–C) groups is 1. The number of halogens is 3. The fraction of sp³-hybridized carbons (Fsp3) is 0.190. The molecule has 0 fully saturated rings. The van der Waals surface area contributed by atoms with E-state index in [4.69, 9.17) is 27.9 Å². The Morgan fingerprint density at radius 1 is 1.25 bits per heavy atom. The molecular weight excluding hydrogens is 400 g/mol. The third kappa shape index (κ3) is 4.16. The smallest absolute Gasteiger partial charge is 0.146 e. The van der Waals surface area contributed by atoms with Gasteiger partial charge in [-0.05, 0) is 32.9 Å². The quantitative estimate of drug-likeness (QED) is 0.440. The SMILES string of the molecule is C/C=N\C(=C(/C)F)c1cc(C)nc2c(OCc3c(Cl)cncc3Cl)cccc12. The second kappa shape index (κ2) is 8.67. The van der Waals surface area contributed by atoms with Gasteiger partial charge >= 0.3 is 0 Å². The predicted molar refractivity (Wildman–Crippen MR) is 113 cm³/mol. The first-order valence-corrected chi connectivity index (χ1v) is 9.34. The summed E-state index contributed by atoms with van der Waals surface area (Å²) in [5, 5.41) is 1.59. The van der Waals surface area contributed by atoms with E-state index in [9.17, 15) is 4.39 Å². The fourth-order valence-corrected chi connectivity index (χ4v) is 3.34. The maximum Gasteiger partial charge on any atom is 0.146 e. The van der Waals surface area contributed by atoms with Crippen LogP contribution in [0.2, 0.25) is 10.0 Å². The van der Waals surface area contributed by atoms with Crippen LogP contribution in [0.25, 0.3) is 16.6 Å². The topological polar surface area (TPSA) is 47.4 Å². The molecule has 0 aliphatic rings. The molecule has 3 aromatic rings. The minimum absolute atomic E-state index is 0.155. The van der Waals surface area contributed by atoms with Gasteiger partial charge in [-0.25, -0.2) is 9.37 Å². The summed E-state index contributed by atoms with van der Waals surface area (Å²) in [6, 6.07) is 7.31. The average Bonchev–Trinajstić information content (AvgIpc) is 2.65. The zero-order chi connectivity index (χ0) is 20.3. The molecule has 0 spiro atoms. The van der Waals surface area contributed by atoms with Crippen LogP contribution in [0.15, 0.2) is 47.5 Å². The molecule has 0 saturated heterocycles. The molecule has 144 valence electrons. The highest BCUT2D eigenvalue weighted by Crippen LogP contribution is 2.34. The molecular formula is C21H18Cl2FN3O. The van der Waals surface area contributed by atoms with Gasteiger partial charge in [-0.1, -0.05) is 35.3 Å². The minimum Gasteiger partial charge on any atom is -0.487 e. The lowest BCUT2D eigenvalue weighted by molar-refractivity contribution is 0.309. The Morgan fingerprint density at radius 3 is 2.61 bits per heavy atom. The molecule has 1 aromatic carbocycles. The standard InChI is InChI=1S/C21H18Cl2FN3O/c1-4-26-20(13(3)24)15-8-12(2)27-21-14(15)6-5-7-19(21)28-11-16-17(22)9-25-10-18(16)23/h4-10H,11H2,1-3H3/b20-13+,26-4-. The van der Waals surface area contributed by atoms with Crippen LogP contribution < -0.4 is 4.74 Å². The van der Waals surface area contributed by atoms with Crippen LogP contribution >= 0.6 is 23.2 Å². The van der Waals surface area contributed by atoms with Crippen molar-refractivity contribution >= 4 is 46.0 Å². The van der Waals surface area contributed by atoms with Crippen molar-refractivity contribution in [2.24, 2.45) is 4.99 Å². The lowest BCUT2D eigenvalue weighted by Crippen LogP contribution is -2.00. The number of para-hydroxylation sites is 1. The number of aromatic nitrogens is 2. The number of ether oxygens (including phenoxy) is 1. The first kappa shape index (κ1) is 20.2. The number of aryl methyl sites for hydroxylation is 1. The molecule has 2 aromatic heterocycles. The second-order valence-corrected chi connectivity index (χ2v) is 6.92. The molecule has 4 nitrogen and oxygen atoms in total. The molecule has 7 heteroatoms. The van der Waals surface area contributed by atoms with Crippen LogP contribution in [0.1, 0.15) is 30.7 Å². The molecule has 0 bridgehead atoms. The number of hydrogen-bond donors (Lipinski definition) is 0. The van der Waals surface area contributed by atoms with E-state index in [0.717, 1.165) is 11.1 Å². The van der Waals surface area contributed by atoms with E-state index in [2.05, 4.69) is 15.0 Å². The summed E-state index contributed by atoms with van der Waals surface area (Å²) in [5.41, 5.74) is 2.91. The van der Waals surface area contributed by atoms with Crippen molar-refractivity contribution in [3.05, 3.63) is 69.4 Å². The summed E-state index contributed by atoms with van der Waals surface area (Å²) in [6.07, 6.45) is 4.59. The number of benzene rings is 1. The number of hydrogen-bond acceptors (Lipinski definition) is 4. The molecule has 0 atom stereocenters. The summed E-state index contributed by atoms with van der Waals surface area (Å²) in [4.78, 5) is 12.7. The van der Waals surface area contributed by atoms with Gasteiger partial charge in [0.25, 0.3) is 0 Å². The molecule has 0 unspecified atom stereocenters. The third-order valence-corrected chi connectivity index (χ3v) is 4.75. The Labute approximate surface area is 172 Å². The van der Waals surface area contributed by atoms with Crippen LogP contribution in [0.3, 0.4) is 0 Å². The lowest BCUT2D eigenvalue weighted by Gasteiger charge is -2.14. The third-order valence-electron chi connectivity index (χ3n) is 4.09. The van der Waals surface area contributed by atoms with Crippen molar-refractivity contribution < 1.29 is 9.13 Å². The van der Waals surface area contributed by atoms with E-state index in [0.29, 0.717) is 32.4 Å². The van der Waals surface area contributed by atoms with Crippen molar-refractivity contribution in [1.82, 2.24) is 9.97 Å². The van der Waals surface area contributed by atoms with Gasteiger partial charge in [0.2, 0.25) is 0 Å². The van der Waals surface area contributed by atoms with Gasteiger partial charge in [0.15, 0.2) is 0 Å². The number of pyridine rings is 2. The van der Waals surface area contributed by atoms with Crippen LogP contribution in [-0.4, -0.2) is 16.2 Å². The predicted octanol–water partition coefficient (Wildman–Crippen LogP) is 6.57. The molecule has 0 radical (unpaired) electrons. The van der Waals surface area contributed by atoms with Gasteiger partial charge in [0.1, 0.15) is 29.4 Å². The fourth-order valence-electron chi connectivity index (χ4n) is 2.86. The normalized spacial score (nSPS) is 12.5. The number of rotatable bonds is 5. The summed E-state index contributed by atoms with van der Waals surface area (Å²) >= 11 is 12.3. The highest BCUT2D eigenvalue weighted by atomic mass is 35.5. The maximum absolute atomic E-state index is 14.1. The molecule has 3 rings (SSSR count). The zero-order valence-electron chi connectivity index (χ0n) is 15.6. The maximum atomic E-state index is 14.1. The van der Waals surface area contributed by atoms with Gasteiger partial charge in [0, 0.05) is 40.8 Å². The Bertz CT molecular complexity index is 1070. The van der Waals surface area contributed by atoms with Gasteiger partial charge in [-0.15, -0.1) is 0 Å². The first-order valence-electron chi connectivity index (χ1n) is 8.58. The molecule has 0 aliphatic heterocycles. The number of nitrogens with zero attached hydrogens (tertiary/aromatic N) is 3. The highest BCUT2D eigenvalue weighted by Gasteiger charge is 2.15. The van der Waals surface area contributed by atoms with Crippen molar-refractivity contribution in [2.75, 3.05) is 0 Å². The van der Waals surface area contributed by atoms with Crippen LogP contribution in [0, 0.1) is 6.92 Å². The van der Waals surface area contributed by atoms with E-state index >= 15 is 0 Å². The molecule has 2 heterocycles. The number of allylic oxidation sites excluding steroid dienone is 1. The summed E-state index contributed by atoms with van der Waals surface area (Å²) in [7, 11) is 0. The van der Waals surface area contributed by atoms with Crippen LogP contribution in [0.4, 0.5) is 4.39 Å². The molecule has 0 aliphatic carbocycles. The minimum atomic E-state index is -0.369. The average molecular weight is 418 g/mol. The van der Waals surface area contributed by atoms with Crippen LogP contribution in [-0.2, 0) is 6.61 Å². The lowest BCUT2D eigenvalue weighted by atomic mass is 10.0. The summed E-state index contributed by atoms with van der Waals surface area (Å²) in [6.45, 7) is 5.13. The molecule has 0 saturated carbocycles. The highest BCUT2D eigenvalue weighted by molar-refractivity contribution is 6.35. The molecule has 0 N–H and O–H groups in total. The van der Waals surface area contributed by atoms with Gasteiger partial charge in [0.05, 0.1) is 10.0 Å². The number of fused-ring (bicyclic) bond motifs is 1.